The maximum absolute atomic E-state index is 11.8. The number of carbonyl (C=O) groups excluding carboxylic acids is 1. The normalized spacial score (nSPS) is 22.5. The molecule has 0 heterocycles. The quantitative estimate of drug-likeness (QED) is 0.795. The van der Waals surface area contributed by atoms with Crippen LogP contribution in [0, 0.1) is 5.92 Å². The first-order chi connectivity index (χ1) is 9.63. The zero-order chi connectivity index (χ0) is 14.4. The van der Waals surface area contributed by atoms with Gasteiger partial charge < -0.3 is 10.4 Å². The summed E-state index contributed by atoms with van der Waals surface area (Å²) in [6.07, 6.45) is 3.64. The maximum atomic E-state index is 11.8. The van der Waals surface area contributed by atoms with E-state index in [1.165, 1.54) is 0 Å². The Kier molecular flexibility index (Phi) is 6.39. The standard InChI is InChI=1S/C15H20BrNO2S/c16-12-3-7-14(8-4-12)20-10-15(19)17-9-11-1-5-13(18)6-2-11/h3-4,7-8,11,13,18H,1-2,5-6,9-10H2,(H,17,19). The highest BCUT2D eigenvalue weighted by atomic mass is 79.9. The molecule has 0 atom stereocenters. The van der Waals surface area contributed by atoms with E-state index in [2.05, 4.69) is 21.2 Å². The fourth-order valence-corrected chi connectivity index (χ4v) is 3.33. The third-order valence-electron chi connectivity index (χ3n) is 3.59. The second-order valence-corrected chi connectivity index (χ2v) is 7.19. The van der Waals surface area contributed by atoms with Gasteiger partial charge in [-0.2, -0.15) is 0 Å². The molecule has 110 valence electrons. The van der Waals surface area contributed by atoms with Gasteiger partial charge in [0.1, 0.15) is 0 Å². The lowest BCUT2D eigenvalue weighted by Gasteiger charge is -2.25. The molecule has 1 aromatic rings. The lowest BCUT2D eigenvalue weighted by Crippen LogP contribution is -2.33. The van der Waals surface area contributed by atoms with Crippen molar-refractivity contribution in [3.8, 4) is 0 Å². The lowest BCUT2D eigenvalue weighted by atomic mass is 9.87. The van der Waals surface area contributed by atoms with E-state index in [1.807, 2.05) is 24.3 Å². The van der Waals surface area contributed by atoms with E-state index in [0.717, 1.165) is 41.6 Å². The van der Waals surface area contributed by atoms with Gasteiger partial charge in [-0.3, -0.25) is 4.79 Å². The minimum Gasteiger partial charge on any atom is -0.393 e. The topological polar surface area (TPSA) is 49.3 Å². The number of carbonyl (C=O) groups is 1. The molecule has 0 aliphatic heterocycles. The molecular formula is C15H20BrNO2S. The summed E-state index contributed by atoms with van der Waals surface area (Å²) in [6.45, 7) is 0.743. The van der Waals surface area contributed by atoms with E-state index in [-0.39, 0.29) is 12.0 Å². The van der Waals surface area contributed by atoms with Crippen LogP contribution >= 0.6 is 27.7 Å². The summed E-state index contributed by atoms with van der Waals surface area (Å²) in [4.78, 5) is 12.9. The van der Waals surface area contributed by atoms with Crippen molar-refractivity contribution in [2.45, 2.75) is 36.7 Å². The summed E-state index contributed by atoms with van der Waals surface area (Å²) in [5.74, 6) is 1.07. The molecule has 1 amide bonds. The molecule has 1 aromatic carbocycles. The van der Waals surface area contributed by atoms with Crippen LogP contribution in [0.3, 0.4) is 0 Å². The van der Waals surface area contributed by atoms with Gasteiger partial charge in [-0.25, -0.2) is 0 Å². The van der Waals surface area contributed by atoms with Crippen LogP contribution in [0.5, 0.6) is 0 Å². The average Bonchev–Trinajstić information content (AvgIpc) is 2.46. The summed E-state index contributed by atoms with van der Waals surface area (Å²) in [6, 6.07) is 7.97. The van der Waals surface area contributed by atoms with Gasteiger partial charge in [-0.15, -0.1) is 11.8 Å². The second-order valence-electron chi connectivity index (χ2n) is 5.22. The van der Waals surface area contributed by atoms with Crippen molar-refractivity contribution in [3.05, 3.63) is 28.7 Å². The number of aliphatic hydroxyl groups is 1. The van der Waals surface area contributed by atoms with E-state index < -0.39 is 0 Å². The van der Waals surface area contributed by atoms with Gasteiger partial charge >= 0.3 is 0 Å². The number of halogens is 1. The van der Waals surface area contributed by atoms with Crippen LogP contribution in [-0.2, 0) is 4.79 Å². The number of amides is 1. The summed E-state index contributed by atoms with van der Waals surface area (Å²) in [5, 5.41) is 12.4. The predicted molar refractivity (Wildman–Crippen MR) is 85.8 cm³/mol. The van der Waals surface area contributed by atoms with Crippen LogP contribution in [0.2, 0.25) is 0 Å². The fourth-order valence-electron chi connectivity index (χ4n) is 2.34. The average molecular weight is 358 g/mol. The number of benzene rings is 1. The molecule has 5 heteroatoms. The first-order valence-electron chi connectivity index (χ1n) is 6.96. The van der Waals surface area contributed by atoms with Crippen LogP contribution in [-0.4, -0.2) is 29.4 Å². The summed E-state index contributed by atoms with van der Waals surface area (Å²) < 4.78 is 1.05. The van der Waals surface area contributed by atoms with Crippen molar-refractivity contribution < 1.29 is 9.90 Å². The molecular weight excluding hydrogens is 338 g/mol. The molecule has 20 heavy (non-hydrogen) atoms. The van der Waals surface area contributed by atoms with Gasteiger partial charge in [0.05, 0.1) is 11.9 Å². The highest BCUT2D eigenvalue weighted by Crippen LogP contribution is 2.24. The van der Waals surface area contributed by atoms with Crippen molar-refractivity contribution in [3.63, 3.8) is 0 Å². The zero-order valence-corrected chi connectivity index (χ0v) is 13.8. The highest BCUT2D eigenvalue weighted by Gasteiger charge is 2.19. The number of thioether (sulfide) groups is 1. The molecule has 2 rings (SSSR count). The van der Waals surface area contributed by atoms with Crippen molar-refractivity contribution in [2.24, 2.45) is 5.92 Å². The maximum Gasteiger partial charge on any atom is 0.230 e. The van der Waals surface area contributed by atoms with Gasteiger partial charge in [0.2, 0.25) is 5.91 Å². The molecule has 1 aliphatic rings. The number of nitrogens with one attached hydrogen (secondary N) is 1. The fraction of sp³-hybridized carbons (Fsp3) is 0.533. The van der Waals surface area contributed by atoms with Crippen molar-refractivity contribution in [1.82, 2.24) is 5.32 Å². The van der Waals surface area contributed by atoms with E-state index in [1.54, 1.807) is 11.8 Å². The molecule has 1 aliphatic carbocycles. The van der Waals surface area contributed by atoms with Crippen LogP contribution in [0.25, 0.3) is 0 Å². The number of hydrogen-bond acceptors (Lipinski definition) is 3. The van der Waals surface area contributed by atoms with Gasteiger partial charge in [0.25, 0.3) is 0 Å². The lowest BCUT2D eigenvalue weighted by molar-refractivity contribution is -0.118. The number of rotatable bonds is 5. The van der Waals surface area contributed by atoms with Gasteiger partial charge in [0, 0.05) is 15.9 Å². The minimum absolute atomic E-state index is 0.0871. The van der Waals surface area contributed by atoms with Crippen LogP contribution < -0.4 is 5.32 Å². The zero-order valence-electron chi connectivity index (χ0n) is 11.3. The SMILES string of the molecule is O=C(CSc1ccc(Br)cc1)NCC1CCC(O)CC1. The largest absolute Gasteiger partial charge is 0.393 e. The second kappa shape index (κ2) is 8.05. The first kappa shape index (κ1) is 15.9. The molecule has 0 bridgehead atoms. The van der Waals surface area contributed by atoms with Crippen molar-refractivity contribution >= 4 is 33.6 Å². The molecule has 3 nitrogen and oxygen atoms in total. The third-order valence-corrected chi connectivity index (χ3v) is 5.13. The van der Waals surface area contributed by atoms with Crippen LogP contribution in [0.15, 0.2) is 33.6 Å². The first-order valence-corrected chi connectivity index (χ1v) is 8.74. The number of aliphatic hydroxyl groups excluding tert-OH is 1. The van der Waals surface area contributed by atoms with Crippen molar-refractivity contribution in [2.75, 3.05) is 12.3 Å². The summed E-state index contributed by atoms with van der Waals surface area (Å²) in [7, 11) is 0. The Morgan fingerprint density at radius 1 is 1.25 bits per heavy atom. The highest BCUT2D eigenvalue weighted by molar-refractivity contribution is 9.10. The monoisotopic (exact) mass is 357 g/mol. The molecule has 0 saturated heterocycles. The van der Waals surface area contributed by atoms with Crippen LogP contribution in [0.1, 0.15) is 25.7 Å². The van der Waals surface area contributed by atoms with Gasteiger partial charge in [0.15, 0.2) is 0 Å². The van der Waals surface area contributed by atoms with Gasteiger partial charge in [-0.1, -0.05) is 15.9 Å². The van der Waals surface area contributed by atoms with E-state index in [9.17, 15) is 9.90 Å². The van der Waals surface area contributed by atoms with E-state index >= 15 is 0 Å². The third kappa shape index (κ3) is 5.46. The Morgan fingerprint density at radius 3 is 2.55 bits per heavy atom. The minimum atomic E-state index is -0.130. The molecule has 0 unspecified atom stereocenters. The molecule has 0 radical (unpaired) electrons. The Hall–Kier alpha value is -0.520. The Bertz CT molecular complexity index is 430. The van der Waals surface area contributed by atoms with Crippen LogP contribution in [0.4, 0.5) is 0 Å². The summed E-state index contributed by atoms with van der Waals surface area (Å²) in [5.41, 5.74) is 0. The molecule has 0 aromatic heterocycles. The molecule has 0 spiro atoms. The Balaban J connectivity index is 1.64. The summed E-state index contributed by atoms with van der Waals surface area (Å²) >= 11 is 4.94. The molecule has 1 saturated carbocycles. The predicted octanol–water partition coefficient (Wildman–Crippen LogP) is 3.21. The Morgan fingerprint density at radius 2 is 1.90 bits per heavy atom. The Labute approximate surface area is 132 Å². The van der Waals surface area contributed by atoms with E-state index in [0.29, 0.717) is 11.7 Å². The molecule has 1 fully saturated rings. The van der Waals surface area contributed by atoms with Crippen molar-refractivity contribution in [1.29, 1.82) is 0 Å². The smallest absolute Gasteiger partial charge is 0.230 e. The molecule has 2 N–H and O–H groups in total. The van der Waals surface area contributed by atoms with Gasteiger partial charge in [-0.05, 0) is 55.9 Å². The number of hydrogen-bond donors (Lipinski definition) is 2. The van der Waals surface area contributed by atoms with E-state index in [4.69, 9.17) is 0 Å².